The minimum Gasteiger partial charge on any atom is -0.353 e. The Labute approximate surface area is 103 Å². The first-order valence-corrected chi connectivity index (χ1v) is 6.48. The van der Waals surface area contributed by atoms with Gasteiger partial charge in [-0.05, 0) is 0 Å². The number of halogens is 6. The minimum absolute atomic E-state index is 1.42. The van der Waals surface area contributed by atoms with Crippen molar-refractivity contribution < 1.29 is 0 Å². The molecule has 0 rings (SSSR count). The van der Waals surface area contributed by atoms with E-state index in [9.17, 15) is 0 Å². The molecule has 0 radical (unpaired) electrons. The van der Waals surface area contributed by atoms with Gasteiger partial charge in [0.05, 0.1) is 0 Å². The number of alkyl halides is 6. The van der Waals surface area contributed by atoms with Crippen LogP contribution in [0.25, 0.3) is 0 Å². The molecule has 0 aromatic carbocycles. The van der Waals surface area contributed by atoms with E-state index in [0.29, 0.717) is 0 Å². The maximum Gasteiger partial charge on any atom is 0.202 e. The van der Waals surface area contributed by atoms with E-state index in [1.807, 2.05) is 0 Å². The van der Waals surface area contributed by atoms with Crippen LogP contribution in [0.5, 0.6) is 0 Å². The van der Waals surface area contributed by atoms with Gasteiger partial charge in [-0.25, -0.2) is 0 Å². The molecule has 0 saturated carbocycles. The Morgan fingerprint density at radius 1 is 0.917 bits per heavy atom. The van der Waals surface area contributed by atoms with E-state index in [0.717, 1.165) is 0 Å². The van der Waals surface area contributed by atoms with Crippen molar-refractivity contribution in [1.82, 2.24) is 0 Å². The zero-order chi connectivity index (χ0) is 10.2. The van der Waals surface area contributed by atoms with E-state index in [1.54, 1.807) is 0 Å². The second-order valence-corrected chi connectivity index (χ2v) is 8.67. The summed E-state index contributed by atoms with van der Waals surface area (Å²) in [5.74, 6) is 0. The maximum absolute atomic E-state index is 5.69. The van der Waals surface area contributed by atoms with Crippen LogP contribution in [0, 0.1) is 0 Å². The molecule has 0 aliphatic heterocycles. The average molecular weight is 311 g/mol. The van der Waals surface area contributed by atoms with Crippen LogP contribution in [0.1, 0.15) is 0 Å². The molecule has 0 bridgehead atoms. The molecule has 0 unspecified atom stereocenters. The van der Waals surface area contributed by atoms with E-state index >= 15 is 0 Å². The Bertz CT molecular complexity index is 165. The Kier molecular flexibility index (Phi) is 4.82. The number of hydrogen-bond acceptors (Lipinski definition) is 2. The molecular formula is C3H6Cl6N2Si. The van der Waals surface area contributed by atoms with Gasteiger partial charge in [0.15, 0.2) is 8.29 Å². The molecule has 2 nitrogen and oxygen atoms in total. The fourth-order valence-electron chi connectivity index (χ4n) is 0.372. The first-order chi connectivity index (χ1) is 5.06. The monoisotopic (exact) mass is 308 g/mol. The highest BCUT2D eigenvalue weighted by molar-refractivity contribution is 6.80. The van der Waals surface area contributed by atoms with Crippen LogP contribution >= 0.6 is 69.6 Å². The second-order valence-electron chi connectivity index (χ2n) is 2.11. The Morgan fingerprint density at radius 2 is 1.25 bits per heavy atom. The largest absolute Gasteiger partial charge is 0.353 e. The van der Waals surface area contributed by atoms with Crippen molar-refractivity contribution in [3.8, 4) is 0 Å². The Morgan fingerprint density at radius 3 is 1.33 bits per heavy atom. The lowest BCUT2D eigenvalue weighted by molar-refractivity contribution is 0.682. The van der Waals surface area contributed by atoms with E-state index in [-0.39, 0.29) is 0 Å². The highest BCUT2D eigenvalue weighted by atomic mass is 35.5. The van der Waals surface area contributed by atoms with Crippen LogP contribution in [0.2, 0.25) is 0 Å². The summed E-state index contributed by atoms with van der Waals surface area (Å²) in [4.78, 5) is 0. The number of nitrogens with two attached hydrogens (primary N) is 2. The van der Waals surface area contributed by atoms with Crippen LogP contribution < -0.4 is 11.1 Å². The van der Waals surface area contributed by atoms with Crippen LogP contribution in [0.15, 0.2) is 0 Å². The van der Waals surface area contributed by atoms with Gasteiger partial charge in [0.2, 0.25) is 4.46 Å². The lowest BCUT2D eigenvalue weighted by atomic mass is 10.4. The second kappa shape index (κ2) is 4.17. The summed E-state index contributed by atoms with van der Waals surface area (Å²) in [5, 5.41) is 5.32. The lowest BCUT2D eigenvalue weighted by Crippen LogP contribution is -2.58. The van der Waals surface area contributed by atoms with Gasteiger partial charge < -0.3 is 5.40 Å². The molecule has 0 saturated heterocycles. The van der Waals surface area contributed by atoms with E-state index in [4.69, 9.17) is 80.7 Å². The SMILES string of the molecule is N[SiH2]C(Cl)(Cl)C(Cl)(Cl)C(N)(Cl)Cl. The fourth-order valence-corrected chi connectivity index (χ4v) is 2.41. The molecule has 0 aromatic heterocycles. The highest BCUT2D eigenvalue weighted by Crippen LogP contribution is 2.50. The van der Waals surface area contributed by atoms with Gasteiger partial charge in [0.1, 0.15) is 9.68 Å². The summed E-state index contributed by atoms with van der Waals surface area (Å²) in [6, 6.07) is 0. The molecule has 74 valence electrons. The fraction of sp³-hybridized carbons (Fsp3) is 1.00. The molecule has 0 aliphatic carbocycles. The van der Waals surface area contributed by atoms with Crippen LogP contribution in [0.4, 0.5) is 0 Å². The molecule has 0 aromatic rings. The first kappa shape index (κ1) is 13.9. The van der Waals surface area contributed by atoms with Crippen LogP contribution in [0.3, 0.4) is 0 Å². The third kappa shape index (κ3) is 2.68. The molecular weight excluding hydrogens is 305 g/mol. The van der Waals surface area contributed by atoms with Gasteiger partial charge in [-0.3, -0.25) is 5.73 Å². The lowest BCUT2D eigenvalue weighted by Gasteiger charge is -2.37. The number of rotatable bonds is 3. The predicted molar refractivity (Wildman–Crippen MR) is 60.2 cm³/mol. The quantitative estimate of drug-likeness (QED) is 0.471. The van der Waals surface area contributed by atoms with Crippen molar-refractivity contribution in [3.05, 3.63) is 0 Å². The molecule has 9 heteroatoms. The molecule has 0 aliphatic rings. The topological polar surface area (TPSA) is 52.0 Å². The third-order valence-corrected chi connectivity index (χ3v) is 6.70. The number of hydrogen-bond donors (Lipinski definition) is 2. The minimum atomic E-state index is -1.95. The van der Waals surface area contributed by atoms with Crippen LogP contribution in [-0.2, 0) is 0 Å². The molecule has 0 spiro atoms. The van der Waals surface area contributed by atoms with Crippen molar-refractivity contribution in [3.63, 3.8) is 0 Å². The molecule has 4 N–H and O–H groups in total. The smallest absolute Gasteiger partial charge is 0.202 e. The van der Waals surface area contributed by atoms with Gasteiger partial charge in [-0.1, -0.05) is 46.4 Å². The zero-order valence-corrected chi connectivity index (χ0v) is 11.6. The van der Waals surface area contributed by atoms with E-state index in [2.05, 4.69) is 0 Å². The van der Waals surface area contributed by atoms with Crippen molar-refractivity contribution in [2.24, 2.45) is 11.1 Å². The molecule has 0 fully saturated rings. The highest BCUT2D eigenvalue weighted by Gasteiger charge is 2.58. The molecule has 0 atom stereocenters. The van der Waals surface area contributed by atoms with Crippen molar-refractivity contribution in [1.29, 1.82) is 0 Å². The Hall–Kier alpha value is 1.88. The zero-order valence-electron chi connectivity index (χ0n) is 5.63. The van der Waals surface area contributed by atoms with E-state index < -0.39 is 22.4 Å². The molecule has 12 heavy (non-hydrogen) atoms. The summed E-state index contributed by atoms with van der Waals surface area (Å²) in [5.41, 5.74) is 5.24. The summed E-state index contributed by atoms with van der Waals surface area (Å²) in [6.45, 7) is 0. The van der Waals surface area contributed by atoms with Crippen molar-refractivity contribution in [2.75, 3.05) is 0 Å². The summed E-state index contributed by atoms with van der Waals surface area (Å²) >= 11 is 33.6. The van der Waals surface area contributed by atoms with Gasteiger partial charge in [-0.15, -0.1) is 23.2 Å². The third-order valence-electron chi connectivity index (χ3n) is 1.13. The standard InChI is InChI=1S/C3H6Cl6N2Si/c4-1(5,2(6,7)10)3(8,9)12-11/h10-12H2. The normalized spacial score (nSPS) is 16.0. The Balaban J connectivity index is 4.85. The first-order valence-electron chi connectivity index (χ1n) is 2.68. The van der Waals surface area contributed by atoms with Gasteiger partial charge in [-0.2, -0.15) is 0 Å². The molecule has 0 amide bonds. The summed E-state index contributed by atoms with van der Waals surface area (Å²) in [7, 11) is -1.42. The van der Waals surface area contributed by atoms with Crippen LogP contribution in [-0.4, -0.2) is 22.4 Å². The van der Waals surface area contributed by atoms with Gasteiger partial charge >= 0.3 is 0 Å². The predicted octanol–water partition coefficient (Wildman–Crippen LogP) is 1.42. The maximum atomic E-state index is 5.69. The van der Waals surface area contributed by atoms with Crippen molar-refractivity contribution in [2.45, 2.75) is 12.7 Å². The summed E-state index contributed by atoms with van der Waals surface area (Å²) < 4.78 is -5.42. The van der Waals surface area contributed by atoms with E-state index in [1.165, 1.54) is 0 Å². The van der Waals surface area contributed by atoms with Gasteiger partial charge in [0, 0.05) is 0 Å². The average Bonchev–Trinajstić information content (AvgIpc) is 1.85. The van der Waals surface area contributed by atoms with Crippen molar-refractivity contribution >= 4 is 79.3 Å². The summed E-state index contributed by atoms with van der Waals surface area (Å²) in [6.07, 6.45) is 0. The van der Waals surface area contributed by atoms with Gasteiger partial charge in [0.25, 0.3) is 0 Å². The molecule has 0 heterocycles.